The number of rotatable bonds is 4. The molecule has 1 N–H and O–H groups in total. The predicted octanol–water partition coefficient (Wildman–Crippen LogP) is 4.41. The van der Waals surface area contributed by atoms with E-state index < -0.39 is 0 Å². The molecular weight excluding hydrogens is 262 g/mol. The topological polar surface area (TPSA) is 38.3 Å². The molecule has 3 nitrogen and oxygen atoms in total. The van der Waals surface area contributed by atoms with E-state index in [-0.39, 0.29) is 5.97 Å². The minimum atomic E-state index is -0.276. The predicted molar refractivity (Wildman–Crippen MR) is 86.7 cm³/mol. The molecule has 3 heteroatoms. The molecule has 0 aromatic heterocycles. The van der Waals surface area contributed by atoms with Crippen LogP contribution in [0.15, 0.2) is 18.2 Å². The molecule has 1 saturated carbocycles. The summed E-state index contributed by atoms with van der Waals surface area (Å²) in [5.41, 5.74) is 2.85. The van der Waals surface area contributed by atoms with Crippen molar-refractivity contribution in [2.24, 2.45) is 11.8 Å². The Bertz CT molecular complexity index is 496. The maximum absolute atomic E-state index is 11.7. The monoisotopic (exact) mass is 289 g/mol. The van der Waals surface area contributed by atoms with Crippen molar-refractivity contribution in [2.45, 2.75) is 52.5 Å². The van der Waals surface area contributed by atoms with Crippen LogP contribution >= 0.6 is 0 Å². The molecule has 1 fully saturated rings. The molecule has 2 atom stereocenters. The van der Waals surface area contributed by atoms with Gasteiger partial charge in [0.1, 0.15) is 0 Å². The van der Waals surface area contributed by atoms with Gasteiger partial charge >= 0.3 is 5.97 Å². The van der Waals surface area contributed by atoms with Crippen molar-refractivity contribution >= 4 is 11.7 Å². The molecule has 0 radical (unpaired) electrons. The summed E-state index contributed by atoms with van der Waals surface area (Å²) in [6.07, 6.45) is 5.07. The molecule has 0 aliphatic heterocycles. The van der Waals surface area contributed by atoms with Crippen molar-refractivity contribution in [2.75, 3.05) is 12.4 Å². The van der Waals surface area contributed by atoms with E-state index in [0.717, 1.165) is 17.5 Å². The first-order chi connectivity index (χ1) is 10.0. The number of anilines is 1. The molecule has 0 spiro atoms. The van der Waals surface area contributed by atoms with Crippen molar-refractivity contribution in [3.05, 3.63) is 29.3 Å². The number of benzene rings is 1. The van der Waals surface area contributed by atoms with Gasteiger partial charge in [-0.2, -0.15) is 0 Å². The third-order valence-electron chi connectivity index (χ3n) is 4.68. The molecule has 1 aliphatic carbocycles. The van der Waals surface area contributed by atoms with Crippen LogP contribution in [-0.2, 0) is 4.74 Å². The molecule has 21 heavy (non-hydrogen) atoms. The van der Waals surface area contributed by atoms with Crippen LogP contribution in [0.5, 0.6) is 0 Å². The van der Waals surface area contributed by atoms with Gasteiger partial charge in [-0.25, -0.2) is 4.79 Å². The first-order valence-corrected chi connectivity index (χ1v) is 7.96. The van der Waals surface area contributed by atoms with Crippen molar-refractivity contribution in [1.29, 1.82) is 0 Å². The summed E-state index contributed by atoms with van der Waals surface area (Å²) in [6.45, 7) is 6.71. The Labute approximate surface area is 128 Å². The van der Waals surface area contributed by atoms with E-state index in [0.29, 0.717) is 11.6 Å². The van der Waals surface area contributed by atoms with E-state index >= 15 is 0 Å². The number of carbonyl (C=O) groups is 1. The third kappa shape index (κ3) is 3.99. The van der Waals surface area contributed by atoms with Crippen LogP contribution in [0.25, 0.3) is 0 Å². The van der Waals surface area contributed by atoms with Crippen molar-refractivity contribution in [3.8, 4) is 0 Å². The summed E-state index contributed by atoms with van der Waals surface area (Å²) in [7, 11) is 1.42. The highest BCUT2D eigenvalue weighted by molar-refractivity contribution is 5.90. The average molecular weight is 289 g/mol. The molecule has 0 bridgehead atoms. The van der Waals surface area contributed by atoms with Crippen LogP contribution in [0.3, 0.4) is 0 Å². The highest BCUT2D eigenvalue weighted by atomic mass is 16.5. The van der Waals surface area contributed by atoms with Gasteiger partial charge < -0.3 is 10.1 Å². The van der Waals surface area contributed by atoms with E-state index in [1.807, 2.05) is 18.2 Å². The van der Waals surface area contributed by atoms with Gasteiger partial charge in [-0.1, -0.05) is 32.8 Å². The zero-order valence-corrected chi connectivity index (χ0v) is 13.6. The summed E-state index contributed by atoms with van der Waals surface area (Å²) in [4.78, 5) is 11.7. The lowest BCUT2D eigenvalue weighted by molar-refractivity contribution is 0.0601. The van der Waals surface area contributed by atoms with E-state index in [9.17, 15) is 4.79 Å². The molecule has 0 heterocycles. The SMILES string of the molecule is COC(=O)c1ccc(C)c(NC2CCCC(C(C)C)C2)c1. The summed E-state index contributed by atoms with van der Waals surface area (Å²) < 4.78 is 4.80. The second kappa shape index (κ2) is 6.97. The lowest BCUT2D eigenvalue weighted by atomic mass is 9.79. The summed E-state index contributed by atoms with van der Waals surface area (Å²) in [5, 5.41) is 3.65. The van der Waals surface area contributed by atoms with Gasteiger partial charge in [0.05, 0.1) is 12.7 Å². The minimum Gasteiger partial charge on any atom is -0.465 e. The van der Waals surface area contributed by atoms with E-state index in [1.54, 1.807) is 0 Å². The van der Waals surface area contributed by atoms with E-state index in [4.69, 9.17) is 4.74 Å². The first-order valence-electron chi connectivity index (χ1n) is 7.96. The Balaban J connectivity index is 2.09. The molecule has 1 aromatic rings. The summed E-state index contributed by atoms with van der Waals surface area (Å²) in [5.74, 6) is 1.28. The van der Waals surface area contributed by atoms with Gasteiger partial charge in [0, 0.05) is 11.7 Å². The molecule has 1 aliphatic rings. The Hall–Kier alpha value is -1.51. The number of hydrogen-bond acceptors (Lipinski definition) is 3. The average Bonchev–Trinajstić information content (AvgIpc) is 2.49. The van der Waals surface area contributed by atoms with Gasteiger partial charge in [-0.15, -0.1) is 0 Å². The largest absolute Gasteiger partial charge is 0.465 e. The standard InChI is InChI=1S/C18H27NO2/c1-12(2)14-6-5-7-16(10-14)19-17-11-15(18(20)21-4)9-8-13(17)3/h8-9,11-12,14,16,19H,5-7,10H2,1-4H3. The zero-order chi connectivity index (χ0) is 15.4. The maximum Gasteiger partial charge on any atom is 0.337 e. The first kappa shape index (κ1) is 15.9. The van der Waals surface area contributed by atoms with Crippen molar-refractivity contribution in [1.82, 2.24) is 0 Å². The van der Waals surface area contributed by atoms with Gasteiger partial charge in [-0.3, -0.25) is 0 Å². The van der Waals surface area contributed by atoms with Crippen molar-refractivity contribution < 1.29 is 9.53 Å². The lowest BCUT2D eigenvalue weighted by Crippen LogP contribution is -2.29. The molecule has 0 saturated heterocycles. The summed E-state index contributed by atoms with van der Waals surface area (Å²) in [6, 6.07) is 6.24. The van der Waals surface area contributed by atoms with Crippen LogP contribution in [0, 0.1) is 18.8 Å². The lowest BCUT2D eigenvalue weighted by Gasteiger charge is -2.33. The highest BCUT2D eigenvalue weighted by Crippen LogP contribution is 2.32. The fraction of sp³-hybridized carbons (Fsp3) is 0.611. The van der Waals surface area contributed by atoms with Crippen LogP contribution in [0.1, 0.15) is 55.5 Å². The Morgan fingerprint density at radius 2 is 2.10 bits per heavy atom. The van der Waals surface area contributed by atoms with Crippen LogP contribution in [-0.4, -0.2) is 19.1 Å². The van der Waals surface area contributed by atoms with Gasteiger partial charge in [-0.05, 0) is 49.3 Å². The van der Waals surface area contributed by atoms with E-state index in [1.165, 1.54) is 38.4 Å². The molecule has 2 unspecified atom stereocenters. The number of nitrogens with one attached hydrogen (secondary N) is 1. The summed E-state index contributed by atoms with van der Waals surface area (Å²) >= 11 is 0. The fourth-order valence-electron chi connectivity index (χ4n) is 3.21. The van der Waals surface area contributed by atoms with Crippen molar-refractivity contribution in [3.63, 3.8) is 0 Å². The van der Waals surface area contributed by atoms with E-state index in [2.05, 4.69) is 26.1 Å². The molecule has 116 valence electrons. The molecule has 0 amide bonds. The molecule has 2 rings (SSSR count). The second-order valence-electron chi connectivity index (χ2n) is 6.53. The minimum absolute atomic E-state index is 0.276. The molecular formula is C18H27NO2. The number of methoxy groups -OCH3 is 1. The van der Waals surface area contributed by atoms with Gasteiger partial charge in [0.2, 0.25) is 0 Å². The smallest absolute Gasteiger partial charge is 0.337 e. The fourth-order valence-corrected chi connectivity index (χ4v) is 3.21. The van der Waals surface area contributed by atoms with Gasteiger partial charge in [0.25, 0.3) is 0 Å². The zero-order valence-electron chi connectivity index (χ0n) is 13.6. The Morgan fingerprint density at radius 3 is 2.76 bits per heavy atom. The number of ether oxygens (including phenoxy) is 1. The Kier molecular flexibility index (Phi) is 5.27. The molecule has 1 aromatic carbocycles. The highest BCUT2D eigenvalue weighted by Gasteiger charge is 2.24. The number of aryl methyl sites for hydroxylation is 1. The number of hydrogen-bond donors (Lipinski definition) is 1. The second-order valence-corrected chi connectivity index (χ2v) is 6.53. The number of carbonyl (C=O) groups excluding carboxylic acids is 1. The van der Waals surface area contributed by atoms with Crippen LogP contribution in [0.2, 0.25) is 0 Å². The van der Waals surface area contributed by atoms with Crippen LogP contribution < -0.4 is 5.32 Å². The van der Waals surface area contributed by atoms with Gasteiger partial charge in [0.15, 0.2) is 0 Å². The Morgan fingerprint density at radius 1 is 1.33 bits per heavy atom. The quantitative estimate of drug-likeness (QED) is 0.834. The maximum atomic E-state index is 11.7. The normalized spacial score (nSPS) is 22.1. The number of esters is 1. The van der Waals surface area contributed by atoms with Crippen LogP contribution in [0.4, 0.5) is 5.69 Å². The third-order valence-corrected chi connectivity index (χ3v) is 4.68.